The van der Waals surface area contributed by atoms with E-state index in [9.17, 15) is 9.59 Å². The predicted octanol–water partition coefficient (Wildman–Crippen LogP) is 5.96. The van der Waals surface area contributed by atoms with Crippen LogP contribution in [0.25, 0.3) is 0 Å². The molecule has 156 valence electrons. The van der Waals surface area contributed by atoms with Gasteiger partial charge in [-0.05, 0) is 54.8 Å². The molecule has 0 unspecified atom stereocenters. The van der Waals surface area contributed by atoms with E-state index in [1.807, 2.05) is 17.5 Å². The summed E-state index contributed by atoms with van der Waals surface area (Å²) in [6, 6.07) is 9.06. The van der Waals surface area contributed by atoms with E-state index in [4.69, 9.17) is 21.1 Å². The van der Waals surface area contributed by atoms with E-state index in [2.05, 4.69) is 5.32 Å². The molecule has 0 spiro atoms. The molecule has 30 heavy (non-hydrogen) atoms. The van der Waals surface area contributed by atoms with Crippen LogP contribution < -0.4 is 10.1 Å². The molecule has 4 rings (SSSR count). The predicted molar refractivity (Wildman–Crippen MR) is 120 cm³/mol. The van der Waals surface area contributed by atoms with Crippen molar-refractivity contribution in [3.8, 4) is 5.75 Å². The second-order valence-electron chi connectivity index (χ2n) is 6.90. The standard InChI is InChI=1S/C22H20ClNO4S2/c1-27-22(26)19-14-6-2-5-9-17(14)30-21(19)24-20(25)18-10-13(12-29-18)11-28-16-8-4-3-7-15(16)23/h3-4,7-8,10,12H,2,5-6,9,11H2,1H3,(H,24,25). The van der Waals surface area contributed by atoms with Crippen LogP contribution in [0.1, 0.15) is 48.9 Å². The van der Waals surface area contributed by atoms with E-state index >= 15 is 0 Å². The zero-order valence-electron chi connectivity index (χ0n) is 16.3. The van der Waals surface area contributed by atoms with E-state index in [1.165, 1.54) is 29.8 Å². The first-order valence-corrected chi connectivity index (χ1v) is 11.6. The monoisotopic (exact) mass is 461 g/mol. The normalized spacial score (nSPS) is 12.9. The summed E-state index contributed by atoms with van der Waals surface area (Å²) in [4.78, 5) is 26.9. The number of anilines is 1. The number of para-hydroxylation sites is 1. The van der Waals surface area contributed by atoms with Crippen molar-refractivity contribution >= 4 is 51.2 Å². The van der Waals surface area contributed by atoms with Gasteiger partial charge >= 0.3 is 5.97 Å². The van der Waals surface area contributed by atoms with Gasteiger partial charge in [-0.3, -0.25) is 4.79 Å². The summed E-state index contributed by atoms with van der Waals surface area (Å²) < 4.78 is 10.7. The van der Waals surface area contributed by atoms with Crippen molar-refractivity contribution in [1.82, 2.24) is 0 Å². The molecule has 5 nitrogen and oxygen atoms in total. The second kappa shape index (κ2) is 9.20. The Labute approximate surface area is 187 Å². The molecule has 1 aliphatic carbocycles. The molecule has 1 N–H and O–H groups in total. The highest BCUT2D eigenvalue weighted by atomic mass is 35.5. The summed E-state index contributed by atoms with van der Waals surface area (Å²) in [5, 5.41) is 5.92. The molecular formula is C22H20ClNO4S2. The van der Waals surface area contributed by atoms with Gasteiger partial charge in [-0.1, -0.05) is 23.7 Å². The average Bonchev–Trinajstić information content (AvgIpc) is 3.37. The van der Waals surface area contributed by atoms with Crippen LogP contribution in [-0.2, 0) is 24.2 Å². The molecule has 0 saturated carbocycles. The van der Waals surface area contributed by atoms with Crippen molar-refractivity contribution in [2.75, 3.05) is 12.4 Å². The molecule has 0 saturated heterocycles. The largest absolute Gasteiger partial charge is 0.487 e. The minimum atomic E-state index is -0.398. The number of fused-ring (bicyclic) bond motifs is 1. The Balaban J connectivity index is 1.48. The summed E-state index contributed by atoms with van der Waals surface area (Å²) in [5.41, 5.74) is 2.40. The zero-order valence-corrected chi connectivity index (χ0v) is 18.7. The molecule has 0 radical (unpaired) electrons. The number of aryl methyl sites for hydroxylation is 1. The van der Waals surface area contributed by atoms with Crippen LogP contribution in [-0.4, -0.2) is 19.0 Å². The van der Waals surface area contributed by atoms with E-state index in [0.717, 1.165) is 41.7 Å². The molecule has 0 fully saturated rings. The molecule has 0 atom stereocenters. The molecule has 3 aromatic rings. The highest BCUT2D eigenvalue weighted by Crippen LogP contribution is 2.39. The number of nitrogens with one attached hydrogen (secondary N) is 1. The number of esters is 1. The second-order valence-corrected chi connectivity index (χ2v) is 9.32. The van der Waals surface area contributed by atoms with Crippen molar-refractivity contribution in [3.63, 3.8) is 0 Å². The van der Waals surface area contributed by atoms with Crippen molar-refractivity contribution in [1.29, 1.82) is 0 Å². The van der Waals surface area contributed by atoms with Crippen LogP contribution in [0.4, 0.5) is 5.00 Å². The average molecular weight is 462 g/mol. The fourth-order valence-corrected chi connectivity index (χ4v) is 5.68. The molecule has 8 heteroatoms. The number of carbonyl (C=O) groups is 2. The number of thiophene rings is 2. The third-order valence-electron chi connectivity index (χ3n) is 4.90. The number of hydrogen-bond donors (Lipinski definition) is 1. The van der Waals surface area contributed by atoms with Gasteiger partial charge in [0.05, 0.1) is 22.6 Å². The van der Waals surface area contributed by atoms with Crippen molar-refractivity contribution in [3.05, 3.63) is 67.2 Å². The van der Waals surface area contributed by atoms with Gasteiger partial charge in [0.2, 0.25) is 0 Å². The molecule has 0 bridgehead atoms. The van der Waals surface area contributed by atoms with Crippen molar-refractivity contribution < 1.29 is 19.1 Å². The van der Waals surface area contributed by atoms with E-state index < -0.39 is 5.97 Å². The lowest BCUT2D eigenvalue weighted by Crippen LogP contribution is -2.14. The van der Waals surface area contributed by atoms with Crippen molar-refractivity contribution in [2.24, 2.45) is 0 Å². The molecular weight excluding hydrogens is 442 g/mol. The van der Waals surface area contributed by atoms with Crippen LogP contribution in [0.15, 0.2) is 35.7 Å². The number of hydrogen-bond acceptors (Lipinski definition) is 6. The van der Waals surface area contributed by atoms with Gasteiger partial charge in [-0.2, -0.15) is 0 Å². The Morgan fingerprint density at radius 3 is 2.80 bits per heavy atom. The van der Waals surface area contributed by atoms with Gasteiger partial charge in [-0.25, -0.2) is 4.79 Å². The Kier molecular flexibility index (Phi) is 6.41. The fraction of sp³-hybridized carbons (Fsp3) is 0.273. The number of rotatable bonds is 6. The number of ether oxygens (including phenoxy) is 2. The lowest BCUT2D eigenvalue weighted by Gasteiger charge is -2.11. The number of benzene rings is 1. The maximum absolute atomic E-state index is 12.8. The highest BCUT2D eigenvalue weighted by Gasteiger charge is 2.27. The Morgan fingerprint density at radius 2 is 2.00 bits per heavy atom. The molecule has 1 amide bonds. The third kappa shape index (κ3) is 4.38. The zero-order chi connectivity index (χ0) is 21.1. The third-order valence-corrected chi connectivity index (χ3v) is 7.39. The van der Waals surface area contributed by atoms with E-state index in [0.29, 0.717) is 32.8 Å². The summed E-state index contributed by atoms with van der Waals surface area (Å²) in [6.07, 6.45) is 3.92. The Hall–Kier alpha value is -2.35. The number of carbonyl (C=O) groups excluding carboxylic acids is 2. The smallest absolute Gasteiger partial charge is 0.341 e. The fourth-order valence-electron chi connectivity index (χ4n) is 3.43. The Morgan fingerprint density at radius 1 is 1.20 bits per heavy atom. The van der Waals surface area contributed by atoms with E-state index in [1.54, 1.807) is 18.2 Å². The van der Waals surface area contributed by atoms with Gasteiger partial charge in [0, 0.05) is 10.4 Å². The Bertz CT molecular complexity index is 1090. The van der Waals surface area contributed by atoms with Gasteiger partial charge in [0.25, 0.3) is 5.91 Å². The first kappa shape index (κ1) is 20.9. The number of amides is 1. The minimum Gasteiger partial charge on any atom is -0.487 e. The topological polar surface area (TPSA) is 64.6 Å². The van der Waals surface area contributed by atoms with Crippen LogP contribution in [0, 0.1) is 0 Å². The first-order valence-electron chi connectivity index (χ1n) is 9.55. The van der Waals surface area contributed by atoms with Crippen LogP contribution in [0.3, 0.4) is 0 Å². The summed E-state index contributed by atoms with van der Waals surface area (Å²) in [5.74, 6) is -0.0410. The maximum atomic E-state index is 12.8. The van der Waals surface area contributed by atoms with Crippen molar-refractivity contribution in [2.45, 2.75) is 32.3 Å². The summed E-state index contributed by atoms with van der Waals surface area (Å²) in [6.45, 7) is 0.314. The molecule has 2 aromatic heterocycles. The lowest BCUT2D eigenvalue weighted by atomic mass is 9.95. The molecule has 2 heterocycles. The van der Waals surface area contributed by atoms with Gasteiger partial charge in [0.1, 0.15) is 17.4 Å². The summed E-state index contributed by atoms with van der Waals surface area (Å²) in [7, 11) is 1.37. The van der Waals surface area contributed by atoms with E-state index in [-0.39, 0.29) is 5.91 Å². The van der Waals surface area contributed by atoms with Crippen LogP contribution >= 0.6 is 34.3 Å². The molecule has 1 aromatic carbocycles. The maximum Gasteiger partial charge on any atom is 0.341 e. The van der Waals surface area contributed by atoms with Gasteiger partial charge in [0.15, 0.2) is 0 Å². The minimum absolute atomic E-state index is 0.243. The van der Waals surface area contributed by atoms with Crippen LogP contribution in [0.2, 0.25) is 5.02 Å². The highest BCUT2D eigenvalue weighted by molar-refractivity contribution is 7.17. The SMILES string of the molecule is COC(=O)c1c(NC(=O)c2cc(COc3ccccc3Cl)cs2)sc2c1CCCC2. The summed E-state index contributed by atoms with van der Waals surface area (Å²) >= 11 is 8.92. The first-order chi connectivity index (χ1) is 14.6. The molecule has 1 aliphatic rings. The quantitative estimate of drug-likeness (QED) is 0.460. The lowest BCUT2D eigenvalue weighted by molar-refractivity contribution is 0.0601. The number of methoxy groups -OCH3 is 1. The number of halogens is 1. The van der Waals surface area contributed by atoms with Gasteiger partial charge in [-0.15, -0.1) is 22.7 Å². The van der Waals surface area contributed by atoms with Crippen LogP contribution in [0.5, 0.6) is 5.75 Å². The molecule has 0 aliphatic heterocycles. The van der Waals surface area contributed by atoms with Gasteiger partial charge < -0.3 is 14.8 Å².